The fourth-order valence-electron chi connectivity index (χ4n) is 2.25. The van der Waals surface area contributed by atoms with Gasteiger partial charge in [0.2, 0.25) is 5.91 Å². The molecule has 21 heavy (non-hydrogen) atoms. The van der Waals surface area contributed by atoms with Crippen molar-refractivity contribution in [2.75, 3.05) is 46.5 Å². The Hall–Kier alpha value is -1.18. The van der Waals surface area contributed by atoms with Crippen molar-refractivity contribution < 1.29 is 24.2 Å². The van der Waals surface area contributed by atoms with E-state index in [-0.39, 0.29) is 25.0 Å². The maximum atomic E-state index is 11.7. The van der Waals surface area contributed by atoms with Crippen LogP contribution in [0.3, 0.4) is 0 Å². The van der Waals surface area contributed by atoms with E-state index in [0.29, 0.717) is 19.7 Å². The van der Waals surface area contributed by atoms with E-state index < -0.39 is 5.97 Å². The van der Waals surface area contributed by atoms with Crippen molar-refractivity contribution >= 4 is 11.9 Å². The lowest BCUT2D eigenvalue weighted by Crippen LogP contribution is -2.43. The number of amides is 1. The van der Waals surface area contributed by atoms with Gasteiger partial charge in [-0.2, -0.15) is 0 Å². The zero-order chi connectivity index (χ0) is 15.5. The van der Waals surface area contributed by atoms with Crippen LogP contribution >= 0.6 is 0 Å². The molecule has 122 valence electrons. The summed E-state index contributed by atoms with van der Waals surface area (Å²) >= 11 is 0. The Morgan fingerprint density at radius 3 is 2.62 bits per heavy atom. The molecule has 7 nitrogen and oxygen atoms in total. The molecule has 0 bridgehead atoms. The molecule has 7 heteroatoms. The molecule has 2 N–H and O–H groups in total. The Bertz CT molecular complexity index is 316. The molecule has 1 fully saturated rings. The Kier molecular flexibility index (Phi) is 8.96. The summed E-state index contributed by atoms with van der Waals surface area (Å²) in [6, 6.07) is 0. The van der Waals surface area contributed by atoms with E-state index in [0.717, 1.165) is 32.4 Å². The van der Waals surface area contributed by atoms with Crippen LogP contribution in [0.15, 0.2) is 0 Å². The van der Waals surface area contributed by atoms with Crippen LogP contribution in [0.25, 0.3) is 0 Å². The Balaban J connectivity index is 2.07. The van der Waals surface area contributed by atoms with Crippen molar-refractivity contribution in [3.63, 3.8) is 0 Å². The highest BCUT2D eigenvalue weighted by molar-refractivity contribution is 5.77. The van der Waals surface area contributed by atoms with E-state index in [2.05, 4.69) is 10.2 Å². The summed E-state index contributed by atoms with van der Waals surface area (Å²) < 4.78 is 10.4. The van der Waals surface area contributed by atoms with E-state index in [1.165, 1.54) is 0 Å². The second-order valence-corrected chi connectivity index (χ2v) is 5.19. The number of hydrogen-bond donors (Lipinski definition) is 2. The summed E-state index contributed by atoms with van der Waals surface area (Å²) in [4.78, 5) is 24.2. The lowest BCUT2D eigenvalue weighted by Gasteiger charge is -2.31. The van der Waals surface area contributed by atoms with E-state index in [1.54, 1.807) is 7.11 Å². The molecule has 1 aliphatic heterocycles. The summed E-state index contributed by atoms with van der Waals surface area (Å²) in [6.07, 6.45) is 2.67. The van der Waals surface area contributed by atoms with E-state index >= 15 is 0 Å². The summed E-state index contributed by atoms with van der Waals surface area (Å²) in [7, 11) is 1.64. The predicted molar refractivity (Wildman–Crippen MR) is 77.2 cm³/mol. The van der Waals surface area contributed by atoms with Gasteiger partial charge in [-0.25, -0.2) is 0 Å². The van der Waals surface area contributed by atoms with Gasteiger partial charge in [0, 0.05) is 33.4 Å². The van der Waals surface area contributed by atoms with Crippen molar-refractivity contribution in [1.82, 2.24) is 10.2 Å². The van der Waals surface area contributed by atoms with Crippen LogP contribution in [0.4, 0.5) is 0 Å². The SMILES string of the molecule is COCCCNC(=O)CN1CCC(OCCC(=O)O)CC1. The molecule has 1 saturated heterocycles. The minimum atomic E-state index is -0.836. The third-order valence-corrected chi connectivity index (χ3v) is 3.42. The van der Waals surface area contributed by atoms with Crippen LogP contribution in [0.2, 0.25) is 0 Å². The first-order valence-electron chi connectivity index (χ1n) is 7.43. The van der Waals surface area contributed by atoms with Gasteiger partial charge >= 0.3 is 5.97 Å². The molecule has 1 amide bonds. The molecule has 0 aliphatic carbocycles. The summed E-state index contributed by atoms with van der Waals surface area (Å²) in [5, 5.41) is 11.4. The fourth-order valence-corrected chi connectivity index (χ4v) is 2.25. The van der Waals surface area contributed by atoms with Crippen LogP contribution in [0.1, 0.15) is 25.7 Å². The first kappa shape index (κ1) is 17.9. The van der Waals surface area contributed by atoms with Gasteiger partial charge in [0.05, 0.1) is 25.7 Å². The van der Waals surface area contributed by atoms with Crippen molar-refractivity contribution in [3.8, 4) is 0 Å². The molecule has 0 radical (unpaired) electrons. The molecule has 0 spiro atoms. The second-order valence-electron chi connectivity index (χ2n) is 5.19. The molecule has 0 aromatic rings. The van der Waals surface area contributed by atoms with Gasteiger partial charge < -0.3 is 19.9 Å². The molecule has 0 aromatic carbocycles. The molecule has 1 aliphatic rings. The summed E-state index contributed by atoms with van der Waals surface area (Å²) in [6.45, 7) is 3.59. The Morgan fingerprint density at radius 1 is 1.29 bits per heavy atom. The van der Waals surface area contributed by atoms with Crippen LogP contribution in [0, 0.1) is 0 Å². The molecule has 1 heterocycles. The maximum Gasteiger partial charge on any atom is 0.305 e. The highest BCUT2D eigenvalue weighted by Crippen LogP contribution is 2.13. The molecule has 1 rings (SSSR count). The predicted octanol–water partition coefficient (Wildman–Crippen LogP) is 0.0948. The van der Waals surface area contributed by atoms with Gasteiger partial charge in [0.15, 0.2) is 0 Å². The molecule has 0 aromatic heterocycles. The van der Waals surface area contributed by atoms with Crippen molar-refractivity contribution in [1.29, 1.82) is 0 Å². The highest BCUT2D eigenvalue weighted by atomic mass is 16.5. The van der Waals surface area contributed by atoms with E-state index in [4.69, 9.17) is 14.6 Å². The first-order valence-corrected chi connectivity index (χ1v) is 7.43. The topological polar surface area (TPSA) is 88.1 Å². The monoisotopic (exact) mass is 302 g/mol. The van der Waals surface area contributed by atoms with Crippen LogP contribution < -0.4 is 5.32 Å². The third-order valence-electron chi connectivity index (χ3n) is 3.42. The number of aliphatic carboxylic acids is 1. The van der Waals surface area contributed by atoms with Crippen LogP contribution in [0.5, 0.6) is 0 Å². The molecule has 0 saturated carbocycles. The number of carboxylic acids is 1. The third kappa shape index (κ3) is 8.64. The number of rotatable bonds is 10. The molecular formula is C14H26N2O5. The number of ether oxygens (including phenoxy) is 2. The Labute approximate surface area is 125 Å². The average molecular weight is 302 g/mol. The van der Waals surface area contributed by atoms with Gasteiger partial charge in [0.1, 0.15) is 0 Å². The van der Waals surface area contributed by atoms with Crippen LogP contribution in [-0.4, -0.2) is 74.5 Å². The highest BCUT2D eigenvalue weighted by Gasteiger charge is 2.21. The lowest BCUT2D eigenvalue weighted by molar-refractivity contribution is -0.139. The zero-order valence-electron chi connectivity index (χ0n) is 12.7. The molecule has 0 atom stereocenters. The number of likely N-dealkylation sites (tertiary alicyclic amines) is 1. The van der Waals surface area contributed by atoms with Gasteiger partial charge in [-0.15, -0.1) is 0 Å². The maximum absolute atomic E-state index is 11.7. The number of nitrogens with zero attached hydrogens (tertiary/aromatic N) is 1. The van der Waals surface area contributed by atoms with Crippen LogP contribution in [-0.2, 0) is 19.1 Å². The average Bonchev–Trinajstić information content (AvgIpc) is 2.45. The number of hydrogen-bond acceptors (Lipinski definition) is 5. The van der Waals surface area contributed by atoms with Gasteiger partial charge in [-0.05, 0) is 19.3 Å². The van der Waals surface area contributed by atoms with Crippen molar-refractivity contribution in [3.05, 3.63) is 0 Å². The fraction of sp³-hybridized carbons (Fsp3) is 0.857. The number of carbonyl (C=O) groups is 2. The minimum Gasteiger partial charge on any atom is -0.481 e. The zero-order valence-corrected chi connectivity index (χ0v) is 12.7. The standard InChI is InChI=1S/C14H26N2O5/c1-20-9-2-6-15-13(17)11-16-7-3-12(4-8-16)21-10-5-14(18)19/h12H,2-11H2,1H3,(H,15,17)(H,18,19). The van der Waals surface area contributed by atoms with Crippen molar-refractivity contribution in [2.24, 2.45) is 0 Å². The first-order chi connectivity index (χ1) is 10.1. The quantitative estimate of drug-likeness (QED) is 0.556. The van der Waals surface area contributed by atoms with Crippen molar-refractivity contribution in [2.45, 2.75) is 31.8 Å². The smallest absolute Gasteiger partial charge is 0.305 e. The Morgan fingerprint density at radius 2 is 2.00 bits per heavy atom. The van der Waals surface area contributed by atoms with E-state index in [9.17, 15) is 9.59 Å². The number of methoxy groups -OCH3 is 1. The number of carbonyl (C=O) groups excluding carboxylic acids is 1. The number of piperidine rings is 1. The summed E-state index contributed by atoms with van der Waals surface area (Å²) in [5.74, 6) is -0.797. The lowest BCUT2D eigenvalue weighted by atomic mass is 10.1. The normalized spacial score (nSPS) is 16.8. The number of nitrogens with one attached hydrogen (secondary N) is 1. The van der Waals surface area contributed by atoms with E-state index in [1.807, 2.05) is 0 Å². The second kappa shape index (κ2) is 10.5. The largest absolute Gasteiger partial charge is 0.481 e. The molecular weight excluding hydrogens is 276 g/mol. The molecule has 0 unspecified atom stereocenters. The number of carboxylic acid groups (broad SMARTS) is 1. The minimum absolute atomic E-state index is 0.0383. The van der Waals surface area contributed by atoms with Gasteiger partial charge in [0.25, 0.3) is 0 Å². The summed E-state index contributed by atoms with van der Waals surface area (Å²) in [5.41, 5.74) is 0. The van der Waals surface area contributed by atoms with Gasteiger partial charge in [-0.3, -0.25) is 14.5 Å². The van der Waals surface area contributed by atoms with Gasteiger partial charge in [-0.1, -0.05) is 0 Å².